The van der Waals surface area contributed by atoms with Gasteiger partial charge >= 0.3 is 5.97 Å². The molecule has 1 aliphatic rings. The predicted octanol–water partition coefficient (Wildman–Crippen LogP) is 1.42. The van der Waals surface area contributed by atoms with Crippen molar-refractivity contribution < 1.29 is 18.3 Å². The van der Waals surface area contributed by atoms with Crippen molar-refractivity contribution in [3.63, 3.8) is 0 Å². The second-order valence-corrected chi connectivity index (χ2v) is 7.93. The van der Waals surface area contributed by atoms with E-state index in [9.17, 15) is 18.3 Å². The fourth-order valence-electron chi connectivity index (χ4n) is 3.00. The van der Waals surface area contributed by atoms with Gasteiger partial charge in [-0.15, -0.1) is 0 Å². The number of carboxylic acids is 1. The Balaban J connectivity index is 2.65. The summed E-state index contributed by atoms with van der Waals surface area (Å²) >= 11 is 0. The van der Waals surface area contributed by atoms with Crippen LogP contribution in [0.3, 0.4) is 0 Å². The molecule has 0 bridgehead atoms. The number of carbonyl (C=O) groups is 1. The Labute approximate surface area is 115 Å². The lowest BCUT2D eigenvalue weighted by Gasteiger charge is -2.32. The Morgan fingerprint density at radius 3 is 2.58 bits per heavy atom. The Kier molecular flexibility index (Phi) is 6.26. The average molecular weight is 291 g/mol. The number of carboxylic acid groups (broad SMARTS) is 1. The Bertz CT molecular complexity index is 393. The predicted molar refractivity (Wildman–Crippen MR) is 74.6 cm³/mol. The molecule has 0 saturated heterocycles. The molecule has 0 aromatic carbocycles. The summed E-state index contributed by atoms with van der Waals surface area (Å²) in [6.07, 6.45) is 6.29. The minimum Gasteiger partial charge on any atom is -0.481 e. The maximum Gasteiger partial charge on any atom is 0.306 e. The largest absolute Gasteiger partial charge is 0.481 e. The van der Waals surface area contributed by atoms with Gasteiger partial charge in [-0.1, -0.05) is 12.8 Å². The summed E-state index contributed by atoms with van der Waals surface area (Å²) in [7, 11) is -3.06. The quantitative estimate of drug-likeness (QED) is 0.691. The summed E-state index contributed by atoms with van der Waals surface area (Å²) in [6, 6.07) is 0. The van der Waals surface area contributed by atoms with E-state index in [2.05, 4.69) is 0 Å². The SMILES string of the molecule is CS(=O)(=O)C1CCCC(C(CCCCN)C(=O)O)C1. The second-order valence-electron chi connectivity index (χ2n) is 5.61. The molecule has 3 unspecified atom stereocenters. The number of hydrogen-bond donors (Lipinski definition) is 2. The van der Waals surface area contributed by atoms with E-state index < -0.39 is 21.7 Å². The lowest BCUT2D eigenvalue weighted by Crippen LogP contribution is -2.33. The number of aliphatic carboxylic acids is 1. The molecule has 0 heterocycles. The van der Waals surface area contributed by atoms with Gasteiger partial charge in [-0.3, -0.25) is 4.79 Å². The van der Waals surface area contributed by atoms with Crippen LogP contribution in [0.5, 0.6) is 0 Å². The van der Waals surface area contributed by atoms with Gasteiger partial charge in [0.1, 0.15) is 9.84 Å². The van der Waals surface area contributed by atoms with Gasteiger partial charge in [0.05, 0.1) is 11.2 Å². The van der Waals surface area contributed by atoms with Gasteiger partial charge in [0, 0.05) is 6.26 Å². The third-order valence-electron chi connectivity index (χ3n) is 4.13. The molecule has 0 spiro atoms. The lowest BCUT2D eigenvalue weighted by atomic mass is 9.77. The molecule has 6 heteroatoms. The van der Waals surface area contributed by atoms with Crippen molar-refractivity contribution in [2.24, 2.45) is 17.6 Å². The van der Waals surface area contributed by atoms with E-state index in [0.29, 0.717) is 25.8 Å². The molecule has 1 aliphatic carbocycles. The monoisotopic (exact) mass is 291 g/mol. The second kappa shape index (κ2) is 7.24. The molecule has 1 saturated carbocycles. The van der Waals surface area contributed by atoms with E-state index in [1.807, 2.05) is 0 Å². The molecule has 112 valence electrons. The molecule has 1 fully saturated rings. The first-order valence-corrected chi connectivity index (χ1v) is 8.93. The van der Waals surface area contributed by atoms with Crippen molar-refractivity contribution in [1.29, 1.82) is 0 Å². The van der Waals surface area contributed by atoms with Gasteiger partial charge < -0.3 is 10.8 Å². The first kappa shape index (κ1) is 16.4. The van der Waals surface area contributed by atoms with Crippen LogP contribution in [0.2, 0.25) is 0 Å². The number of sulfone groups is 1. The molecule has 3 N–H and O–H groups in total. The summed E-state index contributed by atoms with van der Waals surface area (Å²) in [5.41, 5.74) is 5.42. The molecule has 0 amide bonds. The van der Waals surface area contributed by atoms with Gasteiger partial charge in [-0.2, -0.15) is 0 Å². The molecule has 19 heavy (non-hydrogen) atoms. The van der Waals surface area contributed by atoms with Crippen molar-refractivity contribution in [2.45, 2.75) is 50.2 Å². The number of hydrogen-bond acceptors (Lipinski definition) is 4. The lowest BCUT2D eigenvalue weighted by molar-refractivity contribution is -0.144. The third-order valence-corrected chi connectivity index (χ3v) is 5.77. The van der Waals surface area contributed by atoms with Crippen molar-refractivity contribution >= 4 is 15.8 Å². The van der Waals surface area contributed by atoms with E-state index in [1.165, 1.54) is 6.26 Å². The van der Waals surface area contributed by atoms with Gasteiger partial charge in [0.2, 0.25) is 0 Å². The molecule has 3 atom stereocenters. The summed E-state index contributed by atoms with van der Waals surface area (Å²) in [4.78, 5) is 11.4. The first-order chi connectivity index (χ1) is 8.86. The highest BCUT2D eigenvalue weighted by molar-refractivity contribution is 7.91. The highest BCUT2D eigenvalue weighted by Crippen LogP contribution is 2.35. The van der Waals surface area contributed by atoms with E-state index in [1.54, 1.807) is 0 Å². The van der Waals surface area contributed by atoms with Gasteiger partial charge in [0.15, 0.2) is 0 Å². The average Bonchev–Trinajstić information content (AvgIpc) is 2.33. The van der Waals surface area contributed by atoms with Crippen LogP contribution >= 0.6 is 0 Å². The fraction of sp³-hybridized carbons (Fsp3) is 0.923. The standard InChI is InChI=1S/C13H25NO4S/c1-19(17,18)11-6-4-5-10(9-11)12(13(15)16)7-2-3-8-14/h10-12H,2-9,14H2,1H3,(H,15,16). The van der Waals surface area contributed by atoms with E-state index >= 15 is 0 Å². The van der Waals surface area contributed by atoms with Gasteiger partial charge in [0.25, 0.3) is 0 Å². The molecule has 0 aromatic heterocycles. The Hall–Kier alpha value is -0.620. The maximum absolute atomic E-state index is 11.6. The van der Waals surface area contributed by atoms with Crippen LogP contribution in [-0.4, -0.2) is 37.5 Å². The van der Waals surface area contributed by atoms with Crippen LogP contribution in [-0.2, 0) is 14.6 Å². The molecule has 5 nitrogen and oxygen atoms in total. The minimum atomic E-state index is -3.06. The summed E-state index contributed by atoms with van der Waals surface area (Å²) in [6.45, 7) is 0.572. The highest BCUT2D eigenvalue weighted by atomic mass is 32.2. The first-order valence-electron chi connectivity index (χ1n) is 6.98. The van der Waals surface area contributed by atoms with E-state index in [4.69, 9.17) is 5.73 Å². The molecule has 0 aliphatic heterocycles. The van der Waals surface area contributed by atoms with Crippen LogP contribution in [0.4, 0.5) is 0 Å². The van der Waals surface area contributed by atoms with Crippen LogP contribution in [0, 0.1) is 11.8 Å². The minimum absolute atomic E-state index is 0.0104. The number of nitrogens with two attached hydrogens (primary N) is 1. The Morgan fingerprint density at radius 2 is 2.05 bits per heavy atom. The van der Waals surface area contributed by atoms with Crippen molar-refractivity contribution in [3.05, 3.63) is 0 Å². The number of unbranched alkanes of at least 4 members (excludes halogenated alkanes) is 1. The topological polar surface area (TPSA) is 97.5 Å². The van der Waals surface area contributed by atoms with Crippen molar-refractivity contribution in [2.75, 3.05) is 12.8 Å². The zero-order chi connectivity index (χ0) is 14.5. The molecule has 1 rings (SSSR count). The van der Waals surface area contributed by atoms with Gasteiger partial charge in [-0.25, -0.2) is 8.42 Å². The van der Waals surface area contributed by atoms with Crippen molar-refractivity contribution in [1.82, 2.24) is 0 Å². The third kappa shape index (κ3) is 5.10. The Morgan fingerprint density at radius 1 is 1.37 bits per heavy atom. The smallest absolute Gasteiger partial charge is 0.306 e. The van der Waals surface area contributed by atoms with Crippen molar-refractivity contribution in [3.8, 4) is 0 Å². The zero-order valence-electron chi connectivity index (χ0n) is 11.5. The maximum atomic E-state index is 11.6. The van der Waals surface area contributed by atoms with Crippen LogP contribution < -0.4 is 5.73 Å². The number of rotatable bonds is 7. The van der Waals surface area contributed by atoms with Crippen LogP contribution in [0.15, 0.2) is 0 Å². The highest BCUT2D eigenvalue weighted by Gasteiger charge is 2.35. The normalized spacial score (nSPS) is 26.0. The van der Waals surface area contributed by atoms with Crippen LogP contribution in [0.1, 0.15) is 44.9 Å². The summed E-state index contributed by atoms with van der Waals surface area (Å²) < 4.78 is 23.2. The van der Waals surface area contributed by atoms with Crippen LogP contribution in [0.25, 0.3) is 0 Å². The molecule has 0 radical (unpaired) electrons. The van der Waals surface area contributed by atoms with E-state index in [0.717, 1.165) is 25.7 Å². The zero-order valence-corrected chi connectivity index (χ0v) is 12.4. The summed E-state index contributed by atoms with van der Waals surface area (Å²) in [5, 5.41) is 8.97. The molecular formula is C13H25NO4S. The summed E-state index contributed by atoms with van der Waals surface area (Å²) in [5.74, 6) is -1.23. The molecule has 0 aromatic rings. The fourth-order valence-corrected chi connectivity index (χ4v) is 4.20. The van der Waals surface area contributed by atoms with Gasteiger partial charge in [-0.05, 0) is 44.6 Å². The molecular weight excluding hydrogens is 266 g/mol. The van der Waals surface area contributed by atoms with E-state index in [-0.39, 0.29) is 11.2 Å².